The number of thiophene rings is 1. The zero-order chi connectivity index (χ0) is 14.0. The van der Waals surface area contributed by atoms with E-state index in [9.17, 15) is 9.18 Å². The lowest BCUT2D eigenvalue weighted by Gasteiger charge is -2.02. The molecule has 0 spiro atoms. The highest BCUT2D eigenvalue weighted by Gasteiger charge is 2.16. The molecule has 100 valence electrons. The van der Waals surface area contributed by atoms with Crippen LogP contribution in [0.4, 0.5) is 4.39 Å². The maximum atomic E-state index is 13.8. The van der Waals surface area contributed by atoms with Gasteiger partial charge in [-0.05, 0) is 33.6 Å². The molecule has 0 amide bonds. The van der Waals surface area contributed by atoms with Gasteiger partial charge in [-0.3, -0.25) is 0 Å². The number of esters is 1. The van der Waals surface area contributed by atoms with Crippen molar-refractivity contribution in [2.75, 3.05) is 7.11 Å². The maximum absolute atomic E-state index is 13.8. The third-order valence-corrected chi connectivity index (χ3v) is 4.80. The predicted octanol–water partition coefficient (Wildman–Crippen LogP) is 4.68. The molecule has 19 heavy (non-hydrogen) atoms. The molecule has 6 heteroatoms. The van der Waals surface area contributed by atoms with Gasteiger partial charge in [-0.25, -0.2) is 9.18 Å². The van der Waals surface area contributed by atoms with Gasteiger partial charge in [0.1, 0.15) is 10.7 Å². The third-order valence-electron chi connectivity index (χ3n) is 2.50. The van der Waals surface area contributed by atoms with Gasteiger partial charge in [0.15, 0.2) is 0 Å². The summed E-state index contributed by atoms with van der Waals surface area (Å²) in [5.74, 6) is -0.831. The first-order valence-corrected chi connectivity index (χ1v) is 7.31. The second-order valence-electron chi connectivity index (χ2n) is 3.77. The molecule has 0 aliphatic carbocycles. The molecule has 0 N–H and O–H groups in total. The van der Waals surface area contributed by atoms with Crippen molar-refractivity contribution < 1.29 is 13.9 Å². The van der Waals surface area contributed by atoms with Gasteiger partial charge in [0, 0.05) is 15.8 Å². The minimum atomic E-state index is -0.423. The summed E-state index contributed by atoms with van der Waals surface area (Å²) in [5.41, 5.74) is 0.498. The van der Waals surface area contributed by atoms with Crippen molar-refractivity contribution in [2.24, 2.45) is 0 Å². The highest BCUT2D eigenvalue weighted by Crippen LogP contribution is 2.30. The molecule has 0 saturated heterocycles. The van der Waals surface area contributed by atoms with Crippen molar-refractivity contribution in [2.45, 2.75) is 6.42 Å². The Balaban J connectivity index is 2.29. The molecule has 2 nitrogen and oxygen atoms in total. The second kappa shape index (κ2) is 6.03. The standard InChI is InChI=1S/C13H9BrClFO2S/c1-18-13(17)12-9(14)6-8(19-12)5-7-3-2-4-10(15)11(7)16/h2-4,6H,5H2,1H3. The number of hydrogen-bond acceptors (Lipinski definition) is 3. The summed E-state index contributed by atoms with van der Waals surface area (Å²) in [4.78, 5) is 12.8. The zero-order valence-electron chi connectivity index (χ0n) is 9.88. The maximum Gasteiger partial charge on any atom is 0.349 e. The SMILES string of the molecule is COC(=O)c1sc(Cc2cccc(Cl)c2F)cc1Br. The average Bonchev–Trinajstić information content (AvgIpc) is 2.75. The molecular formula is C13H9BrClFO2S. The van der Waals surface area contributed by atoms with Crippen molar-refractivity contribution in [3.05, 3.63) is 54.9 Å². The molecule has 1 aromatic carbocycles. The van der Waals surface area contributed by atoms with Gasteiger partial charge in [0.2, 0.25) is 0 Å². The second-order valence-corrected chi connectivity index (χ2v) is 6.17. The van der Waals surface area contributed by atoms with Gasteiger partial charge >= 0.3 is 5.97 Å². The topological polar surface area (TPSA) is 26.3 Å². The van der Waals surface area contributed by atoms with Crippen LogP contribution in [0.3, 0.4) is 0 Å². The summed E-state index contributed by atoms with van der Waals surface area (Å²) < 4.78 is 19.1. The molecule has 0 unspecified atom stereocenters. The Morgan fingerprint density at radius 1 is 1.53 bits per heavy atom. The minimum Gasteiger partial charge on any atom is -0.465 e. The number of halogens is 3. The third kappa shape index (κ3) is 3.16. The molecule has 0 aliphatic heterocycles. The monoisotopic (exact) mass is 362 g/mol. The summed E-state index contributed by atoms with van der Waals surface area (Å²) in [5, 5.41) is 0.0984. The van der Waals surface area contributed by atoms with Crippen LogP contribution in [-0.2, 0) is 11.2 Å². The Bertz CT molecular complexity index is 627. The fraction of sp³-hybridized carbons (Fsp3) is 0.154. The van der Waals surface area contributed by atoms with E-state index in [0.717, 1.165) is 4.88 Å². The molecule has 0 atom stereocenters. The number of hydrogen-bond donors (Lipinski definition) is 0. The number of benzene rings is 1. The Hall–Kier alpha value is -0.910. The number of rotatable bonds is 3. The van der Waals surface area contributed by atoms with Crippen molar-refractivity contribution in [3.63, 3.8) is 0 Å². The first kappa shape index (κ1) is 14.5. The fourth-order valence-electron chi connectivity index (χ4n) is 1.61. The first-order chi connectivity index (χ1) is 9.02. The minimum absolute atomic E-state index is 0.0984. The van der Waals surface area contributed by atoms with E-state index in [0.29, 0.717) is 21.3 Å². The fourth-order valence-corrected chi connectivity index (χ4v) is 3.62. The largest absolute Gasteiger partial charge is 0.465 e. The van der Waals surface area contributed by atoms with Gasteiger partial charge in [0.05, 0.1) is 12.1 Å². The smallest absolute Gasteiger partial charge is 0.349 e. The summed E-state index contributed by atoms with van der Waals surface area (Å²) in [6.07, 6.45) is 0.382. The van der Waals surface area contributed by atoms with Crippen LogP contribution in [0.15, 0.2) is 28.7 Å². The van der Waals surface area contributed by atoms with Crippen LogP contribution >= 0.6 is 38.9 Å². The predicted molar refractivity (Wildman–Crippen MR) is 77.6 cm³/mol. The molecule has 1 heterocycles. The summed E-state index contributed by atoms with van der Waals surface area (Å²) in [7, 11) is 1.32. The zero-order valence-corrected chi connectivity index (χ0v) is 13.0. The van der Waals surface area contributed by atoms with Crippen LogP contribution in [0.1, 0.15) is 20.1 Å². The molecule has 0 fully saturated rings. The van der Waals surface area contributed by atoms with Crippen LogP contribution in [0.5, 0.6) is 0 Å². The van der Waals surface area contributed by atoms with E-state index >= 15 is 0 Å². The van der Waals surface area contributed by atoms with Gasteiger partial charge < -0.3 is 4.74 Å². The lowest BCUT2D eigenvalue weighted by atomic mass is 10.1. The Morgan fingerprint density at radius 2 is 2.26 bits per heavy atom. The van der Waals surface area contributed by atoms with Crippen LogP contribution in [0.25, 0.3) is 0 Å². The van der Waals surface area contributed by atoms with Crippen LogP contribution in [-0.4, -0.2) is 13.1 Å². The molecule has 1 aromatic heterocycles. The number of carbonyl (C=O) groups is 1. The Labute approximate surface area is 127 Å². The van der Waals surface area contributed by atoms with Crippen molar-refractivity contribution >= 4 is 44.8 Å². The molecule has 0 aliphatic rings. The number of carbonyl (C=O) groups excluding carboxylic acids is 1. The van der Waals surface area contributed by atoms with Crippen molar-refractivity contribution in [1.29, 1.82) is 0 Å². The van der Waals surface area contributed by atoms with E-state index in [1.54, 1.807) is 18.2 Å². The lowest BCUT2D eigenvalue weighted by Crippen LogP contribution is -1.98. The van der Waals surface area contributed by atoms with Crippen LogP contribution in [0.2, 0.25) is 5.02 Å². The quantitative estimate of drug-likeness (QED) is 0.740. The van der Waals surface area contributed by atoms with Crippen molar-refractivity contribution in [3.8, 4) is 0 Å². The van der Waals surface area contributed by atoms with E-state index in [-0.39, 0.29) is 5.02 Å². The van der Waals surface area contributed by atoms with Gasteiger partial charge in [0.25, 0.3) is 0 Å². The summed E-state index contributed by atoms with van der Waals surface area (Å²) in [6, 6.07) is 6.67. The van der Waals surface area contributed by atoms with Crippen molar-refractivity contribution in [1.82, 2.24) is 0 Å². The van der Waals surface area contributed by atoms with Gasteiger partial charge in [-0.1, -0.05) is 23.7 Å². The lowest BCUT2D eigenvalue weighted by molar-refractivity contribution is 0.0605. The van der Waals surface area contributed by atoms with E-state index in [1.807, 2.05) is 0 Å². The van der Waals surface area contributed by atoms with Gasteiger partial charge in [-0.2, -0.15) is 0 Å². The van der Waals surface area contributed by atoms with Crippen LogP contribution in [0, 0.1) is 5.82 Å². The van der Waals surface area contributed by atoms with E-state index in [1.165, 1.54) is 24.5 Å². The average molecular weight is 364 g/mol. The normalized spacial score (nSPS) is 10.5. The highest BCUT2D eigenvalue weighted by atomic mass is 79.9. The Morgan fingerprint density at radius 3 is 2.95 bits per heavy atom. The number of ether oxygens (including phenoxy) is 1. The molecule has 2 aromatic rings. The first-order valence-electron chi connectivity index (χ1n) is 5.32. The van der Waals surface area contributed by atoms with E-state index < -0.39 is 11.8 Å². The van der Waals surface area contributed by atoms with Crippen LogP contribution < -0.4 is 0 Å². The van der Waals surface area contributed by atoms with E-state index in [4.69, 9.17) is 11.6 Å². The highest BCUT2D eigenvalue weighted by molar-refractivity contribution is 9.10. The molecule has 0 bridgehead atoms. The molecular weight excluding hydrogens is 355 g/mol. The number of methoxy groups -OCH3 is 1. The van der Waals surface area contributed by atoms with Gasteiger partial charge in [-0.15, -0.1) is 11.3 Å². The summed E-state index contributed by atoms with van der Waals surface area (Å²) in [6.45, 7) is 0. The van der Waals surface area contributed by atoms with E-state index in [2.05, 4.69) is 20.7 Å². The molecule has 0 radical (unpaired) electrons. The molecule has 2 rings (SSSR count). The summed E-state index contributed by atoms with van der Waals surface area (Å²) >= 11 is 10.3. The Kier molecular flexibility index (Phi) is 4.60. The molecule has 0 saturated carbocycles.